The number of carbonyl (C=O) groups is 3. The summed E-state index contributed by atoms with van der Waals surface area (Å²) in [7, 11) is 0. The topological polar surface area (TPSA) is 86.7 Å². The zero-order chi connectivity index (χ0) is 19.1. The van der Waals surface area contributed by atoms with Crippen LogP contribution in [0.1, 0.15) is 38.2 Å². The van der Waals surface area contributed by atoms with Gasteiger partial charge in [-0.3, -0.25) is 19.3 Å². The van der Waals surface area contributed by atoms with Crippen LogP contribution < -0.4 is 5.32 Å². The van der Waals surface area contributed by atoms with Crippen LogP contribution in [0, 0.1) is 0 Å². The molecule has 0 atom stereocenters. The Balaban J connectivity index is 1.93. The lowest BCUT2D eigenvalue weighted by Gasteiger charge is -2.13. The van der Waals surface area contributed by atoms with Crippen LogP contribution in [0.15, 0.2) is 29.2 Å². The van der Waals surface area contributed by atoms with Crippen LogP contribution in [0.3, 0.4) is 0 Å². The minimum atomic E-state index is -0.803. The van der Waals surface area contributed by atoms with Crippen molar-refractivity contribution in [2.24, 2.45) is 0 Å². The van der Waals surface area contributed by atoms with Crippen LogP contribution in [0.2, 0.25) is 0 Å². The van der Waals surface area contributed by atoms with Gasteiger partial charge in [-0.15, -0.1) is 0 Å². The smallest absolute Gasteiger partial charge is 0.303 e. The number of carboxylic acids is 1. The molecule has 0 radical (unpaired) electrons. The summed E-state index contributed by atoms with van der Waals surface area (Å²) in [5.74, 6) is -1.06. The van der Waals surface area contributed by atoms with Crippen molar-refractivity contribution < 1.29 is 19.5 Å². The second-order valence-electron chi connectivity index (χ2n) is 5.84. The second-order valence-corrected chi connectivity index (χ2v) is 7.52. The van der Waals surface area contributed by atoms with Crippen LogP contribution in [0.4, 0.5) is 5.69 Å². The zero-order valence-corrected chi connectivity index (χ0v) is 16.0. The lowest BCUT2D eigenvalue weighted by Crippen LogP contribution is -2.29. The summed E-state index contributed by atoms with van der Waals surface area (Å²) < 4.78 is 0.523. The third-order valence-corrected chi connectivity index (χ3v) is 5.05. The van der Waals surface area contributed by atoms with E-state index in [1.807, 2.05) is 12.1 Å². The predicted octanol–water partition coefficient (Wildman–Crippen LogP) is 3.49. The van der Waals surface area contributed by atoms with Crippen molar-refractivity contribution in [2.75, 3.05) is 11.9 Å². The SMILES string of the molecule is CC(=O)Nc1ccc(/C=C2\SC(=S)N(CCCCCC(=O)O)C2=O)cc1. The molecule has 0 spiro atoms. The average Bonchev–Trinajstić information content (AvgIpc) is 2.83. The van der Waals surface area contributed by atoms with Gasteiger partial charge in [0.2, 0.25) is 5.91 Å². The number of carboxylic acid groups (broad SMARTS) is 1. The number of hydrogen-bond acceptors (Lipinski definition) is 5. The molecule has 0 saturated carbocycles. The maximum atomic E-state index is 12.5. The van der Waals surface area contributed by atoms with Gasteiger partial charge in [-0.05, 0) is 36.6 Å². The summed E-state index contributed by atoms with van der Waals surface area (Å²) in [6, 6.07) is 7.19. The number of aliphatic carboxylic acids is 1. The van der Waals surface area contributed by atoms with Gasteiger partial charge in [0.25, 0.3) is 5.91 Å². The summed E-state index contributed by atoms with van der Waals surface area (Å²) in [5.41, 5.74) is 1.55. The van der Waals surface area contributed by atoms with Crippen molar-refractivity contribution >= 4 is 57.8 Å². The van der Waals surface area contributed by atoms with Crippen molar-refractivity contribution in [3.63, 3.8) is 0 Å². The molecule has 138 valence electrons. The van der Waals surface area contributed by atoms with Crippen molar-refractivity contribution in [2.45, 2.75) is 32.6 Å². The van der Waals surface area contributed by atoms with Crippen molar-refractivity contribution in [3.05, 3.63) is 34.7 Å². The molecular weight excluding hydrogens is 372 g/mol. The van der Waals surface area contributed by atoms with Gasteiger partial charge in [-0.1, -0.05) is 42.5 Å². The third-order valence-electron chi connectivity index (χ3n) is 3.67. The van der Waals surface area contributed by atoms with Crippen LogP contribution in [-0.4, -0.2) is 38.7 Å². The number of unbranched alkanes of at least 4 members (excludes halogenated alkanes) is 2. The van der Waals surface area contributed by atoms with Gasteiger partial charge >= 0.3 is 5.97 Å². The quantitative estimate of drug-likeness (QED) is 0.400. The van der Waals surface area contributed by atoms with Crippen molar-refractivity contribution in [1.82, 2.24) is 4.90 Å². The molecule has 8 heteroatoms. The zero-order valence-electron chi connectivity index (χ0n) is 14.4. The highest BCUT2D eigenvalue weighted by molar-refractivity contribution is 8.26. The summed E-state index contributed by atoms with van der Waals surface area (Å²) in [4.78, 5) is 36.2. The standard InChI is InChI=1S/C18H20N2O4S2/c1-12(21)19-14-8-6-13(7-9-14)11-15-17(24)20(18(25)26-15)10-4-2-3-5-16(22)23/h6-9,11H,2-5,10H2,1H3,(H,19,21)(H,22,23)/b15-11-. The number of hydrogen-bond donors (Lipinski definition) is 2. The molecule has 0 unspecified atom stereocenters. The average molecular weight is 393 g/mol. The number of nitrogens with zero attached hydrogens (tertiary/aromatic N) is 1. The Morgan fingerprint density at radius 1 is 1.23 bits per heavy atom. The second kappa shape index (κ2) is 9.49. The van der Waals surface area contributed by atoms with E-state index in [4.69, 9.17) is 17.3 Å². The van der Waals surface area contributed by atoms with Crippen LogP contribution in [-0.2, 0) is 14.4 Å². The van der Waals surface area contributed by atoms with Gasteiger partial charge in [-0.2, -0.15) is 0 Å². The lowest BCUT2D eigenvalue weighted by atomic mass is 10.1. The molecule has 2 rings (SSSR count). The first-order chi connectivity index (χ1) is 12.4. The maximum Gasteiger partial charge on any atom is 0.303 e. The van der Waals surface area contributed by atoms with Crippen LogP contribution >= 0.6 is 24.0 Å². The van der Waals surface area contributed by atoms with Gasteiger partial charge < -0.3 is 10.4 Å². The Morgan fingerprint density at radius 3 is 2.54 bits per heavy atom. The summed E-state index contributed by atoms with van der Waals surface area (Å²) in [6.45, 7) is 1.95. The first kappa shape index (κ1) is 20.1. The first-order valence-corrected chi connectivity index (χ1v) is 9.44. The minimum Gasteiger partial charge on any atom is -0.481 e. The molecule has 1 heterocycles. The molecule has 0 bridgehead atoms. The molecule has 26 heavy (non-hydrogen) atoms. The Morgan fingerprint density at radius 2 is 1.92 bits per heavy atom. The van der Waals surface area contributed by atoms with E-state index in [9.17, 15) is 14.4 Å². The molecule has 1 aliphatic heterocycles. The van der Waals surface area contributed by atoms with E-state index < -0.39 is 5.97 Å². The van der Waals surface area contributed by atoms with Gasteiger partial charge in [0, 0.05) is 25.6 Å². The van der Waals surface area contributed by atoms with E-state index in [-0.39, 0.29) is 18.2 Å². The molecule has 0 aromatic heterocycles. The number of amides is 2. The normalized spacial score (nSPS) is 15.6. The molecule has 6 nitrogen and oxygen atoms in total. The van der Waals surface area contributed by atoms with E-state index in [1.165, 1.54) is 18.7 Å². The largest absolute Gasteiger partial charge is 0.481 e. The maximum absolute atomic E-state index is 12.5. The molecule has 2 N–H and O–H groups in total. The molecule has 1 aromatic carbocycles. The predicted molar refractivity (Wildman–Crippen MR) is 107 cm³/mol. The van der Waals surface area contributed by atoms with E-state index in [0.29, 0.717) is 27.9 Å². The summed E-state index contributed by atoms with van der Waals surface area (Å²) in [6.07, 6.45) is 3.99. The molecule has 2 amide bonds. The molecular formula is C18H20N2O4S2. The first-order valence-electron chi connectivity index (χ1n) is 8.21. The minimum absolute atomic E-state index is 0.121. The van der Waals surface area contributed by atoms with Gasteiger partial charge in [0.15, 0.2) is 0 Å². The number of thiocarbonyl (C=S) groups is 1. The highest BCUT2D eigenvalue weighted by Gasteiger charge is 2.31. The van der Waals surface area contributed by atoms with Crippen LogP contribution in [0.5, 0.6) is 0 Å². The number of thioether (sulfide) groups is 1. The Hall–Kier alpha value is -2.19. The molecule has 1 fully saturated rings. The number of carbonyl (C=O) groups excluding carboxylic acids is 2. The highest BCUT2D eigenvalue weighted by atomic mass is 32.2. The van der Waals surface area contributed by atoms with Crippen molar-refractivity contribution in [1.29, 1.82) is 0 Å². The van der Waals surface area contributed by atoms with Gasteiger partial charge in [0.1, 0.15) is 4.32 Å². The van der Waals surface area contributed by atoms with Crippen molar-refractivity contribution in [3.8, 4) is 0 Å². The number of rotatable bonds is 8. The fraction of sp³-hybridized carbons (Fsp3) is 0.333. The lowest BCUT2D eigenvalue weighted by molar-refractivity contribution is -0.137. The highest BCUT2D eigenvalue weighted by Crippen LogP contribution is 2.32. The summed E-state index contributed by atoms with van der Waals surface area (Å²) in [5, 5.41) is 11.3. The van der Waals surface area contributed by atoms with E-state index in [0.717, 1.165) is 18.4 Å². The van der Waals surface area contributed by atoms with E-state index in [1.54, 1.807) is 23.1 Å². The molecule has 1 aromatic rings. The number of anilines is 1. The number of nitrogens with one attached hydrogen (secondary N) is 1. The molecule has 1 aliphatic rings. The van der Waals surface area contributed by atoms with E-state index in [2.05, 4.69) is 5.32 Å². The fourth-order valence-electron chi connectivity index (χ4n) is 2.43. The van der Waals surface area contributed by atoms with Gasteiger partial charge in [-0.25, -0.2) is 0 Å². The monoisotopic (exact) mass is 392 g/mol. The Kier molecular flexibility index (Phi) is 7.35. The molecule has 0 aliphatic carbocycles. The number of benzene rings is 1. The van der Waals surface area contributed by atoms with E-state index >= 15 is 0 Å². The van der Waals surface area contributed by atoms with Crippen LogP contribution in [0.25, 0.3) is 6.08 Å². The molecule has 1 saturated heterocycles. The third kappa shape index (κ3) is 5.96. The summed E-state index contributed by atoms with van der Waals surface area (Å²) >= 11 is 6.55. The Bertz CT molecular complexity index is 744. The fourth-order valence-corrected chi connectivity index (χ4v) is 3.74. The van der Waals surface area contributed by atoms with Gasteiger partial charge in [0.05, 0.1) is 4.91 Å². The Labute approximate surface area is 161 Å².